The highest BCUT2D eigenvalue weighted by atomic mass is 16.6. The number of hydrogen-bond acceptors (Lipinski definition) is 10. The molecule has 3 amide bonds. The van der Waals surface area contributed by atoms with Crippen LogP contribution in [0.2, 0.25) is 0 Å². The van der Waals surface area contributed by atoms with Gasteiger partial charge in [-0.2, -0.15) is 14.9 Å². The van der Waals surface area contributed by atoms with Gasteiger partial charge in [0.05, 0.1) is 11.3 Å². The van der Waals surface area contributed by atoms with E-state index in [-0.39, 0.29) is 17.9 Å². The molecule has 1 heterocycles. The van der Waals surface area contributed by atoms with Crippen molar-refractivity contribution in [2.75, 3.05) is 4.90 Å². The third-order valence-electron chi connectivity index (χ3n) is 4.92. The van der Waals surface area contributed by atoms with Gasteiger partial charge < -0.3 is 18.9 Å². The summed E-state index contributed by atoms with van der Waals surface area (Å²) in [6, 6.07) is 8.93. The Balaban J connectivity index is 2.65. The summed E-state index contributed by atoms with van der Waals surface area (Å²) in [6.45, 7) is 15.2. The minimum Gasteiger partial charge on any atom is -0.459 e. The number of benzene rings is 1. The van der Waals surface area contributed by atoms with Crippen LogP contribution in [0.5, 0.6) is 0 Å². The molecular formula is C30H40N4O9. The van der Waals surface area contributed by atoms with Crippen LogP contribution >= 0.6 is 0 Å². The van der Waals surface area contributed by atoms with Crippen LogP contribution in [0, 0.1) is 0 Å². The van der Waals surface area contributed by atoms with Crippen LogP contribution < -0.4 is 10.6 Å². The van der Waals surface area contributed by atoms with Gasteiger partial charge >= 0.3 is 29.9 Å². The molecule has 0 saturated carbocycles. The van der Waals surface area contributed by atoms with Crippen LogP contribution in [0.15, 0.2) is 46.3 Å². The molecular weight excluding hydrogens is 560 g/mol. The second-order valence-electron chi connectivity index (χ2n) is 12.5. The van der Waals surface area contributed by atoms with E-state index in [9.17, 15) is 24.0 Å². The Labute approximate surface area is 250 Å². The fourth-order valence-corrected chi connectivity index (χ4v) is 3.29. The van der Waals surface area contributed by atoms with Gasteiger partial charge in [0.1, 0.15) is 30.0 Å². The quantitative estimate of drug-likeness (QED) is 0.239. The highest BCUT2D eigenvalue weighted by molar-refractivity contribution is 6.15. The Hall–Kier alpha value is -4.55. The molecule has 13 nitrogen and oxygen atoms in total. The molecule has 0 unspecified atom stereocenters. The first-order valence-corrected chi connectivity index (χ1v) is 13.5. The molecule has 0 spiro atoms. The Kier molecular flexibility index (Phi) is 11.0. The lowest BCUT2D eigenvalue weighted by Gasteiger charge is -2.29. The lowest BCUT2D eigenvalue weighted by Crippen LogP contribution is -2.46. The number of carbonyl (C=O) groups is 4. The highest BCUT2D eigenvalue weighted by Crippen LogP contribution is 2.24. The Morgan fingerprint density at radius 2 is 1.35 bits per heavy atom. The fraction of sp³-hybridized carbons (Fsp3) is 0.500. The number of carbonyl (C=O) groups excluding carboxylic acids is 4. The molecule has 43 heavy (non-hydrogen) atoms. The summed E-state index contributed by atoms with van der Waals surface area (Å²) in [5, 5.41) is 0. The monoisotopic (exact) mass is 600 g/mol. The topological polar surface area (TPSA) is 156 Å². The van der Waals surface area contributed by atoms with E-state index in [1.165, 1.54) is 6.92 Å². The molecule has 2 aromatic rings. The zero-order chi connectivity index (χ0) is 32.8. The van der Waals surface area contributed by atoms with Crippen molar-refractivity contribution >= 4 is 35.8 Å². The summed E-state index contributed by atoms with van der Waals surface area (Å²) in [6.07, 6.45) is -2.23. The van der Waals surface area contributed by atoms with Crippen molar-refractivity contribution in [1.82, 2.24) is 9.55 Å². The number of esters is 1. The number of hydrogen-bond donors (Lipinski definition) is 0. The van der Waals surface area contributed by atoms with Gasteiger partial charge in [-0.05, 0) is 74.8 Å². The molecule has 234 valence electrons. The molecule has 1 aromatic carbocycles. The molecule has 0 saturated heterocycles. The van der Waals surface area contributed by atoms with E-state index in [0.717, 1.165) is 16.3 Å². The first-order valence-electron chi connectivity index (χ1n) is 13.5. The molecule has 0 aliphatic heterocycles. The van der Waals surface area contributed by atoms with Crippen molar-refractivity contribution in [2.45, 2.75) is 99.2 Å². The summed E-state index contributed by atoms with van der Waals surface area (Å²) < 4.78 is 22.3. The standard InChI is InChI=1S/C30H40N4O9/c1-19(31-25(37)41-28(2,3)4)21-16-33(17-22(35)40-18-20-14-12-11-13-15-20)24(36)32-23(21)34(26(38)42-29(5,6)7)27(39)43-30(8,9)10/h11-16H,17-18H2,1-10H3. The van der Waals surface area contributed by atoms with Gasteiger partial charge in [0.2, 0.25) is 0 Å². The van der Waals surface area contributed by atoms with Crippen molar-refractivity contribution in [3.05, 3.63) is 58.1 Å². The molecule has 0 aliphatic carbocycles. The van der Waals surface area contributed by atoms with E-state index in [4.69, 9.17) is 18.9 Å². The van der Waals surface area contributed by atoms with Crippen molar-refractivity contribution < 1.29 is 38.1 Å². The minimum absolute atomic E-state index is 0.0308. The van der Waals surface area contributed by atoms with Gasteiger partial charge in [-0.3, -0.25) is 9.36 Å². The number of ether oxygens (including phenoxy) is 4. The molecule has 0 radical (unpaired) electrons. The first-order chi connectivity index (χ1) is 19.6. The largest absolute Gasteiger partial charge is 0.459 e. The van der Waals surface area contributed by atoms with Gasteiger partial charge in [-0.15, -0.1) is 0 Å². The molecule has 2 rings (SSSR count). The van der Waals surface area contributed by atoms with Crippen molar-refractivity contribution in [1.29, 1.82) is 0 Å². The number of amides is 3. The number of anilines is 1. The fourth-order valence-electron chi connectivity index (χ4n) is 3.29. The predicted octanol–water partition coefficient (Wildman–Crippen LogP) is 5.41. The van der Waals surface area contributed by atoms with Gasteiger partial charge in [0, 0.05) is 6.20 Å². The Bertz CT molecular complexity index is 1400. The molecule has 0 bridgehead atoms. The SMILES string of the molecule is CC(=NC(=O)OC(C)(C)C)c1cn(CC(=O)OCc2ccccc2)c(=O)nc1N(C(=O)OC(C)(C)C)C(=O)OC(C)(C)C. The van der Waals surface area contributed by atoms with Crippen molar-refractivity contribution in [2.24, 2.45) is 4.99 Å². The van der Waals surface area contributed by atoms with Gasteiger partial charge in [-0.25, -0.2) is 19.2 Å². The molecule has 13 heteroatoms. The van der Waals surface area contributed by atoms with Crippen LogP contribution in [-0.2, 0) is 36.9 Å². The zero-order valence-corrected chi connectivity index (χ0v) is 26.3. The van der Waals surface area contributed by atoms with Crippen LogP contribution in [0.4, 0.5) is 20.2 Å². The highest BCUT2D eigenvalue weighted by Gasteiger charge is 2.36. The average molecular weight is 601 g/mol. The molecule has 0 N–H and O–H groups in total. The second kappa shape index (κ2) is 13.6. The molecule has 1 aromatic heterocycles. The number of rotatable bonds is 6. The summed E-state index contributed by atoms with van der Waals surface area (Å²) >= 11 is 0. The second-order valence-corrected chi connectivity index (χ2v) is 12.5. The number of aliphatic imine (C=N–C) groups is 1. The van der Waals surface area contributed by atoms with Gasteiger partial charge in [0.25, 0.3) is 0 Å². The predicted molar refractivity (Wildman–Crippen MR) is 158 cm³/mol. The molecule has 0 fully saturated rings. The van der Waals surface area contributed by atoms with Gasteiger partial charge in [-0.1, -0.05) is 30.3 Å². The number of imide groups is 1. The maximum absolute atomic E-state index is 13.3. The van der Waals surface area contributed by atoms with Crippen LogP contribution in [0.3, 0.4) is 0 Å². The van der Waals surface area contributed by atoms with Crippen LogP contribution in [0.1, 0.15) is 80.4 Å². The summed E-state index contributed by atoms with van der Waals surface area (Å²) in [5.41, 5.74) is -3.44. The summed E-state index contributed by atoms with van der Waals surface area (Å²) in [7, 11) is 0. The third kappa shape index (κ3) is 11.7. The average Bonchev–Trinajstić information content (AvgIpc) is 2.81. The summed E-state index contributed by atoms with van der Waals surface area (Å²) in [4.78, 5) is 73.2. The van der Waals surface area contributed by atoms with Crippen LogP contribution in [0.25, 0.3) is 0 Å². The third-order valence-corrected chi connectivity index (χ3v) is 4.92. The maximum atomic E-state index is 13.3. The van der Waals surface area contributed by atoms with E-state index in [1.54, 1.807) is 86.6 Å². The Morgan fingerprint density at radius 3 is 1.84 bits per heavy atom. The lowest BCUT2D eigenvalue weighted by molar-refractivity contribution is -0.145. The zero-order valence-electron chi connectivity index (χ0n) is 26.3. The number of aromatic nitrogens is 2. The van der Waals surface area contributed by atoms with Crippen LogP contribution in [-0.4, -0.2) is 56.3 Å². The maximum Gasteiger partial charge on any atom is 0.434 e. The van der Waals surface area contributed by atoms with Crippen molar-refractivity contribution in [3.63, 3.8) is 0 Å². The number of nitrogens with zero attached hydrogens (tertiary/aromatic N) is 4. The summed E-state index contributed by atoms with van der Waals surface area (Å²) in [5.74, 6) is -1.28. The van der Waals surface area contributed by atoms with E-state index in [2.05, 4.69) is 9.98 Å². The first kappa shape index (κ1) is 34.7. The lowest BCUT2D eigenvalue weighted by atomic mass is 10.2. The van der Waals surface area contributed by atoms with E-state index >= 15 is 0 Å². The smallest absolute Gasteiger partial charge is 0.434 e. The minimum atomic E-state index is -1.19. The Morgan fingerprint density at radius 1 is 0.837 bits per heavy atom. The molecule has 0 atom stereocenters. The van der Waals surface area contributed by atoms with Crippen molar-refractivity contribution in [3.8, 4) is 0 Å². The van der Waals surface area contributed by atoms with E-state index in [1.807, 2.05) is 6.07 Å². The molecule has 0 aliphatic rings. The van der Waals surface area contributed by atoms with Gasteiger partial charge in [0.15, 0.2) is 5.82 Å². The van der Waals surface area contributed by atoms with E-state index in [0.29, 0.717) is 4.90 Å². The van der Waals surface area contributed by atoms with E-state index < -0.39 is 59.1 Å². The normalized spacial score (nSPS) is 12.3.